The van der Waals surface area contributed by atoms with Gasteiger partial charge in [-0.1, -0.05) is 26.0 Å². The van der Waals surface area contributed by atoms with Crippen LogP contribution in [0, 0.1) is 0 Å². The Morgan fingerprint density at radius 3 is 2.75 bits per heavy atom. The Labute approximate surface area is 120 Å². The molecule has 1 aromatic heterocycles. The van der Waals surface area contributed by atoms with Gasteiger partial charge in [0.2, 0.25) is 0 Å². The van der Waals surface area contributed by atoms with E-state index in [0.29, 0.717) is 12.0 Å². The zero-order valence-corrected chi connectivity index (χ0v) is 12.2. The molecule has 1 aromatic carbocycles. The molecule has 1 unspecified atom stereocenters. The summed E-state index contributed by atoms with van der Waals surface area (Å²) >= 11 is 0. The number of nitrogens with one attached hydrogen (secondary N) is 1. The van der Waals surface area contributed by atoms with E-state index >= 15 is 0 Å². The van der Waals surface area contributed by atoms with Crippen molar-refractivity contribution in [3.05, 3.63) is 36.0 Å². The summed E-state index contributed by atoms with van der Waals surface area (Å²) in [5.74, 6) is 0.0219. The lowest BCUT2D eigenvalue weighted by molar-refractivity contribution is 0.0951. The molecule has 20 heavy (non-hydrogen) atoms. The number of Topliss-reactive ketones (excluding diaryl/α,β-unsaturated/α-hetero) is 1. The first-order valence-electron chi connectivity index (χ1n) is 7.25. The van der Waals surface area contributed by atoms with Crippen LogP contribution in [0.1, 0.15) is 30.6 Å². The molecule has 108 valence electrons. The van der Waals surface area contributed by atoms with Gasteiger partial charge < -0.3 is 15.6 Å². The van der Waals surface area contributed by atoms with Crippen LogP contribution < -0.4 is 5.73 Å². The number of rotatable bonds is 7. The standard InChI is InChI=1S/C16H23N3O/c1-3-19(4-2)10-8-14(17)16(20)13-6-5-12-7-9-18-15(12)11-13/h5-7,9,11,14,18H,3-4,8,10,17H2,1-2H3. The molecule has 0 aliphatic heterocycles. The van der Waals surface area contributed by atoms with Gasteiger partial charge in [0.15, 0.2) is 5.78 Å². The van der Waals surface area contributed by atoms with Crippen molar-refractivity contribution >= 4 is 16.7 Å². The third kappa shape index (κ3) is 3.26. The molecule has 2 aromatic rings. The Morgan fingerprint density at radius 1 is 1.30 bits per heavy atom. The molecular formula is C16H23N3O. The van der Waals surface area contributed by atoms with Crippen LogP contribution in [-0.4, -0.2) is 41.3 Å². The fraction of sp³-hybridized carbons (Fsp3) is 0.438. The van der Waals surface area contributed by atoms with Crippen molar-refractivity contribution in [1.29, 1.82) is 0 Å². The number of ketones is 1. The first kappa shape index (κ1) is 14.8. The van der Waals surface area contributed by atoms with E-state index in [2.05, 4.69) is 23.7 Å². The number of nitrogens with two attached hydrogens (primary N) is 1. The summed E-state index contributed by atoms with van der Waals surface area (Å²) in [6.45, 7) is 7.09. The van der Waals surface area contributed by atoms with Crippen LogP contribution in [0.15, 0.2) is 30.5 Å². The van der Waals surface area contributed by atoms with Crippen molar-refractivity contribution < 1.29 is 4.79 Å². The van der Waals surface area contributed by atoms with Gasteiger partial charge in [0.05, 0.1) is 6.04 Å². The molecule has 0 saturated carbocycles. The number of aromatic nitrogens is 1. The topological polar surface area (TPSA) is 62.1 Å². The van der Waals surface area contributed by atoms with E-state index in [-0.39, 0.29) is 5.78 Å². The van der Waals surface area contributed by atoms with E-state index in [0.717, 1.165) is 30.5 Å². The maximum atomic E-state index is 12.3. The number of aromatic amines is 1. The molecular weight excluding hydrogens is 250 g/mol. The second-order valence-electron chi connectivity index (χ2n) is 5.07. The van der Waals surface area contributed by atoms with Gasteiger partial charge in [-0.15, -0.1) is 0 Å². The van der Waals surface area contributed by atoms with E-state index in [1.54, 1.807) is 0 Å². The zero-order valence-electron chi connectivity index (χ0n) is 12.2. The number of hydrogen-bond donors (Lipinski definition) is 2. The van der Waals surface area contributed by atoms with E-state index < -0.39 is 6.04 Å². The summed E-state index contributed by atoms with van der Waals surface area (Å²) < 4.78 is 0. The molecule has 0 radical (unpaired) electrons. The SMILES string of the molecule is CCN(CC)CCC(N)C(=O)c1ccc2cc[nH]c2c1. The highest BCUT2D eigenvalue weighted by Crippen LogP contribution is 2.15. The Bertz CT molecular complexity index is 572. The van der Waals surface area contributed by atoms with E-state index in [1.165, 1.54) is 0 Å². The smallest absolute Gasteiger partial charge is 0.179 e. The lowest BCUT2D eigenvalue weighted by Gasteiger charge is -2.20. The van der Waals surface area contributed by atoms with Crippen molar-refractivity contribution in [2.24, 2.45) is 5.73 Å². The summed E-state index contributed by atoms with van der Waals surface area (Å²) in [7, 11) is 0. The van der Waals surface area contributed by atoms with Gasteiger partial charge in [0, 0.05) is 23.8 Å². The molecule has 0 aliphatic rings. The van der Waals surface area contributed by atoms with Gasteiger partial charge in [-0.05, 0) is 37.0 Å². The summed E-state index contributed by atoms with van der Waals surface area (Å²) in [5.41, 5.74) is 7.71. The van der Waals surface area contributed by atoms with Crippen LogP contribution in [0.3, 0.4) is 0 Å². The second-order valence-corrected chi connectivity index (χ2v) is 5.07. The van der Waals surface area contributed by atoms with Crippen LogP contribution in [0.2, 0.25) is 0 Å². The van der Waals surface area contributed by atoms with Gasteiger partial charge in [0.25, 0.3) is 0 Å². The normalized spacial score (nSPS) is 13.0. The lowest BCUT2D eigenvalue weighted by atomic mass is 10.0. The highest BCUT2D eigenvalue weighted by Gasteiger charge is 2.16. The Balaban J connectivity index is 2.02. The third-order valence-corrected chi connectivity index (χ3v) is 3.83. The second kappa shape index (κ2) is 6.68. The molecule has 0 spiro atoms. The lowest BCUT2D eigenvalue weighted by Crippen LogP contribution is -2.35. The monoisotopic (exact) mass is 273 g/mol. The van der Waals surface area contributed by atoms with E-state index in [4.69, 9.17) is 5.73 Å². The molecule has 0 amide bonds. The predicted molar refractivity (Wildman–Crippen MR) is 83.0 cm³/mol. The number of carbonyl (C=O) groups excluding carboxylic acids is 1. The van der Waals surface area contributed by atoms with Crippen LogP contribution >= 0.6 is 0 Å². The summed E-state index contributed by atoms with van der Waals surface area (Å²) in [4.78, 5) is 17.7. The maximum absolute atomic E-state index is 12.3. The molecule has 0 saturated heterocycles. The number of benzene rings is 1. The van der Waals surface area contributed by atoms with Gasteiger partial charge in [-0.2, -0.15) is 0 Å². The van der Waals surface area contributed by atoms with Crippen molar-refractivity contribution in [2.45, 2.75) is 26.3 Å². The number of fused-ring (bicyclic) bond motifs is 1. The quantitative estimate of drug-likeness (QED) is 0.762. The molecule has 0 bridgehead atoms. The number of carbonyl (C=O) groups is 1. The fourth-order valence-electron chi connectivity index (χ4n) is 2.41. The molecule has 0 aliphatic carbocycles. The van der Waals surface area contributed by atoms with Crippen molar-refractivity contribution in [3.8, 4) is 0 Å². The van der Waals surface area contributed by atoms with E-state index in [1.807, 2.05) is 30.5 Å². The number of nitrogens with zero attached hydrogens (tertiary/aromatic N) is 1. The average Bonchev–Trinajstić information content (AvgIpc) is 2.94. The van der Waals surface area contributed by atoms with Crippen LogP contribution in [0.25, 0.3) is 10.9 Å². The number of H-pyrrole nitrogens is 1. The highest BCUT2D eigenvalue weighted by atomic mass is 16.1. The van der Waals surface area contributed by atoms with Crippen LogP contribution in [-0.2, 0) is 0 Å². The average molecular weight is 273 g/mol. The van der Waals surface area contributed by atoms with Gasteiger partial charge in [-0.3, -0.25) is 4.79 Å². The largest absolute Gasteiger partial charge is 0.361 e. The van der Waals surface area contributed by atoms with E-state index in [9.17, 15) is 4.79 Å². The molecule has 3 N–H and O–H groups in total. The van der Waals surface area contributed by atoms with Gasteiger partial charge >= 0.3 is 0 Å². The minimum atomic E-state index is -0.428. The third-order valence-electron chi connectivity index (χ3n) is 3.83. The molecule has 4 nitrogen and oxygen atoms in total. The minimum Gasteiger partial charge on any atom is -0.361 e. The van der Waals surface area contributed by atoms with Crippen molar-refractivity contribution in [3.63, 3.8) is 0 Å². The molecule has 1 atom stereocenters. The Morgan fingerprint density at radius 2 is 2.05 bits per heavy atom. The van der Waals surface area contributed by atoms with Gasteiger partial charge in [0.1, 0.15) is 0 Å². The van der Waals surface area contributed by atoms with Crippen LogP contribution in [0.5, 0.6) is 0 Å². The van der Waals surface area contributed by atoms with Crippen molar-refractivity contribution in [1.82, 2.24) is 9.88 Å². The highest BCUT2D eigenvalue weighted by molar-refractivity contribution is 6.02. The first-order chi connectivity index (χ1) is 9.65. The number of hydrogen-bond acceptors (Lipinski definition) is 3. The Kier molecular flexibility index (Phi) is 4.93. The molecule has 0 fully saturated rings. The summed E-state index contributed by atoms with van der Waals surface area (Å²) in [6.07, 6.45) is 2.57. The zero-order chi connectivity index (χ0) is 14.5. The first-order valence-corrected chi connectivity index (χ1v) is 7.25. The molecule has 2 rings (SSSR count). The van der Waals surface area contributed by atoms with Gasteiger partial charge in [-0.25, -0.2) is 0 Å². The fourth-order valence-corrected chi connectivity index (χ4v) is 2.41. The predicted octanol–water partition coefficient (Wildman–Crippen LogP) is 2.41. The van der Waals surface area contributed by atoms with Crippen molar-refractivity contribution in [2.75, 3.05) is 19.6 Å². The summed E-state index contributed by atoms with van der Waals surface area (Å²) in [6, 6.07) is 7.26. The molecule has 1 heterocycles. The maximum Gasteiger partial charge on any atom is 0.179 e. The molecule has 4 heteroatoms. The Hall–Kier alpha value is -1.65. The van der Waals surface area contributed by atoms with Crippen LogP contribution in [0.4, 0.5) is 0 Å². The minimum absolute atomic E-state index is 0.0219. The summed E-state index contributed by atoms with van der Waals surface area (Å²) in [5, 5.41) is 1.11.